The molecule has 0 unspecified atom stereocenters. The van der Waals surface area contributed by atoms with Crippen LogP contribution in [0, 0.1) is 5.41 Å². The largest absolute Gasteiger partial charge is 0.0880 e. The summed E-state index contributed by atoms with van der Waals surface area (Å²) in [5.41, 5.74) is 0.675. The number of rotatable bonds is 3. The lowest BCUT2D eigenvalue weighted by Crippen LogP contribution is -2.14. The minimum Gasteiger partial charge on any atom is -0.0880 e. The molecule has 12 heavy (non-hydrogen) atoms. The molecule has 0 spiro atoms. The highest BCUT2D eigenvalue weighted by molar-refractivity contribution is 5.01. The molecule has 0 N–H and O–H groups in total. The summed E-state index contributed by atoms with van der Waals surface area (Å²) in [5, 5.41) is 0. The molecule has 0 heterocycles. The average Bonchev–Trinajstić information content (AvgIpc) is 2.58. The van der Waals surface area contributed by atoms with E-state index >= 15 is 0 Å². The van der Waals surface area contributed by atoms with Gasteiger partial charge in [0, 0.05) is 0 Å². The minimum absolute atomic E-state index is 0.675. The first-order valence-corrected chi connectivity index (χ1v) is 5.48. The van der Waals surface area contributed by atoms with Crippen molar-refractivity contribution in [2.75, 3.05) is 0 Å². The Balaban J connectivity index is 0.000000561. The van der Waals surface area contributed by atoms with Crippen molar-refractivity contribution in [3.05, 3.63) is 12.2 Å². The highest BCUT2D eigenvalue weighted by Crippen LogP contribution is 2.40. The van der Waals surface area contributed by atoms with Crippen molar-refractivity contribution in [3.63, 3.8) is 0 Å². The predicted molar refractivity (Wildman–Crippen MR) is 57.4 cm³/mol. The van der Waals surface area contributed by atoms with Gasteiger partial charge in [0.15, 0.2) is 0 Å². The monoisotopic (exact) mass is 168 g/mol. The third-order valence-electron chi connectivity index (χ3n) is 2.80. The molecule has 0 nitrogen and oxygen atoms in total. The summed E-state index contributed by atoms with van der Waals surface area (Å²) in [5.74, 6) is 0. The van der Waals surface area contributed by atoms with Crippen LogP contribution in [-0.2, 0) is 0 Å². The van der Waals surface area contributed by atoms with Crippen LogP contribution in [0.4, 0.5) is 0 Å². The summed E-state index contributed by atoms with van der Waals surface area (Å²) < 4.78 is 0. The lowest BCUT2D eigenvalue weighted by atomic mass is 9.79. The van der Waals surface area contributed by atoms with Crippen molar-refractivity contribution in [1.29, 1.82) is 0 Å². The minimum atomic E-state index is 0.675. The lowest BCUT2D eigenvalue weighted by Gasteiger charge is -2.26. The fraction of sp³-hybridized carbons (Fsp3) is 0.833. The molecule has 0 saturated heterocycles. The van der Waals surface area contributed by atoms with Crippen LogP contribution in [0.3, 0.4) is 0 Å². The fourth-order valence-electron chi connectivity index (χ4n) is 1.95. The van der Waals surface area contributed by atoms with Gasteiger partial charge in [-0.3, -0.25) is 0 Å². The second-order valence-electron chi connectivity index (χ2n) is 3.48. The van der Waals surface area contributed by atoms with Gasteiger partial charge >= 0.3 is 0 Å². The van der Waals surface area contributed by atoms with E-state index < -0.39 is 0 Å². The van der Waals surface area contributed by atoms with Gasteiger partial charge in [0.2, 0.25) is 0 Å². The summed E-state index contributed by atoms with van der Waals surface area (Å²) in [7, 11) is 0. The molecule has 0 amide bonds. The summed E-state index contributed by atoms with van der Waals surface area (Å²) in [6, 6.07) is 0. The molecule has 0 aromatic heterocycles. The molecule has 0 aliphatic heterocycles. The van der Waals surface area contributed by atoms with Crippen LogP contribution in [0.5, 0.6) is 0 Å². The van der Waals surface area contributed by atoms with Crippen LogP contribution in [-0.4, -0.2) is 0 Å². The Hall–Kier alpha value is -0.260. The van der Waals surface area contributed by atoms with E-state index in [-0.39, 0.29) is 0 Å². The molecule has 0 bridgehead atoms. The first-order valence-electron chi connectivity index (χ1n) is 5.48. The van der Waals surface area contributed by atoms with Crippen LogP contribution in [0.15, 0.2) is 12.2 Å². The molecule has 1 rings (SSSR count). The number of allylic oxidation sites excluding steroid dienone is 2. The van der Waals surface area contributed by atoms with Crippen LogP contribution >= 0.6 is 0 Å². The Morgan fingerprint density at radius 3 is 1.92 bits per heavy atom. The first kappa shape index (κ1) is 11.7. The van der Waals surface area contributed by atoms with Gasteiger partial charge < -0.3 is 0 Å². The van der Waals surface area contributed by atoms with Crippen LogP contribution in [0.1, 0.15) is 59.8 Å². The average molecular weight is 168 g/mol. The van der Waals surface area contributed by atoms with Gasteiger partial charge in [-0.2, -0.15) is 0 Å². The third-order valence-corrected chi connectivity index (χ3v) is 2.80. The Morgan fingerprint density at radius 2 is 1.58 bits per heavy atom. The summed E-state index contributed by atoms with van der Waals surface area (Å²) in [6.07, 6.45) is 11.5. The number of hydrogen-bond acceptors (Lipinski definition) is 0. The molecule has 72 valence electrons. The van der Waals surface area contributed by atoms with Crippen molar-refractivity contribution >= 4 is 0 Å². The molecular formula is C12H24. The van der Waals surface area contributed by atoms with E-state index in [9.17, 15) is 0 Å². The SMILES string of the molecule is CC.CCCC1(CC)CC=CC1. The molecular weight excluding hydrogens is 144 g/mol. The van der Waals surface area contributed by atoms with E-state index in [0.29, 0.717) is 5.41 Å². The first-order chi connectivity index (χ1) is 5.83. The Kier molecular flexibility index (Phi) is 6.14. The molecule has 0 atom stereocenters. The van der Waals surface area contributed by atoms with E-state index in [4.69, 9.17) is 0 Å². The summed E-state index contributed by atoms with van der Waals surface area (Å²) >= 11 is 0. The van der Waals surface area contributed by atoms with E-state index in [2.05, 4.69) is 26.0 Å². The standard InChI is InChI=1S/C10H18.C2H6/c1-3-7-10(4-2)8-5-6-9-10;1-2/h5-6H,3-4,7-9H2,1-2H3;1-2H3. The zero-order valence-corrected chi connectivity index (χ0v) is 9.19. The fourth-order valence-corrected chi connectivity index (χ4v) is 1.95. The third kappa shape index (κ3) is 3.00. The molecule has 0 heteroatoms. The van der Waals surface area contributed by atoms with Crippen molar-refractivity contribution in [3.8, 4) is 0 Å². The smallest absolute Gasteiger partial charge is 0.0231 e. The van der Waals surface area contributed by atoms with Crippen molar-refractivity contribution < 1.29 is 0 Å². The highest BCUT2D eigenvalue weighted by atomic mass is 14.3. The summed E-state index contributed by atoms with van der Waals surface area (Å²) in [6.45, 7) is 8.61. The maximum absolute atomic E-state index is 2.35. The van der Waals surface area contributed by atoms with Gasteiger partial charge in [-0.25, -0.2) is 0 Å². The molecule has 0 radical (unpaired) electrons. The normalized spacial score (nSPS) is 18.7. The number of hydrogen-bond donors (Lipinski definition) is 0. The van der Waals surface area contributed by atoms with Gasteiger partial charge in [0.1, 0.15) is 0 Å². The zero-order chi connectivity index (χ0) is 9.45. The molecule has 0 aromatic carbocycles. The molecule has 0 saturated carbocycles. The maximum Gasteiger partial charge on any atom is -0.0231 e. The molecule has 1 aliphatic carbocycles. The van der Waals surface area contributed by atoms with Crippen molar-refractivity contribution in [2.24, 2.45) is 5.41 Å². The van der Waals surface area contributed by atoms with Crippen LogP contribution < -0.4 is 0 Å². The van der Waals surface area contributed by atoms with E-state index in [0.717, 1.165) is 0 Å². The highest BCUT2D eigenvalue weighted by Gasteiger charge is 2.27. The van der Waals surface area contributed by atoms with E-state index in [1.165, 1.54) is 32.1 Å². The van der Waals surface area contributed by atoms with E-state index in [1.807, 2.05) is 13.8 Å². The molecule has 0 fully saturated rings. The quantitative estimate of drug-likeness (QED) is 0.542. The lowest BCUT2D eigenvalue weighted by molar-refractivity contribution is 0.269. The van der Waals surface area contributed by atoms with Crippen LogP contribution in [0.25, 0.3) is 0 Å². The zero-order valence-electron chi connectivity index (χ0n) is 9.19. The van der Waals surface area contributed by atoms with Crippen molar-refractivity contribution in [1.82, 2.24) is 0 Å². The van der Waals surface area contributed by atoms with Crippen LogP contribution in [0.2, 0.25) is 0 Å². The topological polar surface area (TPSA) is 0 Å². The molecule has 0 aromatic rings. The Bertz CT molecular complexity index is 114. The van der Waals surface area contributed by atoms with Gasteiger partial charge in [0.25, 0.3) is 0 Å². The Morgan fingerprint density at radius 1 is 1.08 bits per heavy atom. The second-order valence-corrected chi connectivity index (χ2v) is 3.48. The molecule has 1 aliphatic rings. The predicted octanol–water partition coefficient (Wildman–Crippen LogP) is 4.56. The van der Waals surface area contributed by atoms with Gasteiger partial charge in [-0.1, -0.05) is 46.3 Å². The van der Waals surface area contributed by atoms with Gasteiger partial charge in [0.05, 0.1) is 0 Å². The van der Waals surface area contributed by atoms with Gasteiger partial charge in [-0.15, -0.1) is 0 Å². The Labute approximate surface area is 78.1 Å². The summed E-state index contributed by atoms with van der Waals surface area (Å²) in [4.78, 5) is 0. The van der Waals surface area contributed by atoms with Gasteiger partial charge in [-0.05, 0) is 31.1 Å². The second kappa shape index (κ2) is 6.28. The van der Waals surface area contributed by atoms with Crippen molar-refractivity contribution in [2.45, 2.75) is 59.8 Å². The maximum atomic E-state index is 2.35. The van der Waals surface area contributed by atoms with E-state index in [1.54, 1.807) is 0 Å².